The van der Waals surface area contributed by atoms with Crippen LogP contribution in [0.1, 0.15) is 17.0 Å². The number of methoxy groups -OCH3 is 1. The van der Waals surface area contributed by atoms with Crippen molar-refractivity contribution in [3.63, 3.8) is 0 Å². The van der Waals surface area contributed by atoms with E-state index in [0.717, 1.165) is 34.0 Å². The molecule has 3 heterocycles. The lowest BCUT2D eigenvalue weighted by Crippen LogP contribution is -2.37. The monoisotopic (exact) mass is 432 g/mol. The highest BCUT2D eigenvalue weighted by molar-refractivity contribution is 7.23. The molecule has 0 saturated carbocycles. The molecule has 0 amide bonds. The molecule has 1 aliphatic carbocycles. The summed E-state index contributed by atoms with van der Waals surface area (Å²) in [5.41, 5.74) is 5.69. The number of carbonyl (C=O) groups excluding carboxylic acids is 1. The standard InChI is InChI=1S/C18H13N3OS.C2HF3O2/c1-22-11-4-7-16-17(9-11)23-18-20-15(10-21(16)18)13-5-6-14-12(13)3-2-8-19-14;3-2(4,5)1(6)7/h2-5,7-10H,6H2,1H3;(H,6,7)/p-1. The van der Waals surface area contributed by atoms with Crippen LogP contribution in [-0.4, -0.2) is 33.6 Å². The summed E-state index contributed by atoms with van der Waals surface area (Å²) >= 11 is 1.68. The Morgan fingerprint density at radius 1 is 1.30 bits per heavy atom. The van der Waals surface area contributed by atoms with Gasteiger partial charge < -0.3 is 14.6 Å². The van der Waals surface area contributed by atoms with E-state index in [4.69, 9.17) is 19.6 Å². The lowest BCUT2D eigenvalue weighted by molar-refractivity contribution is -0.344. The minimum atomic E-state index is -5.19. The highest BCUT2D eigenvalue weighted by atomic mass is 32.1. The second kappa shape index (κ2) is 7.45. The summed E-state index contributed by atoms with van der Waals surface area (Å²) in [5.74, 6) is -2.13. The number of carboxylic acids is 1. The van der Waals surface area contributed by atoms with Crippen LogP contribution in [0.25, 0.3) is 20.8 Å². The van der Waals surface area contributed by atoms with E-state index in [1.165, 1.54) is 15.8 Å². The van der Waals surface area contributed by atoms with Crippen LogP contribution < -0.4 is 9.84 Å². The third kappa shape index (κ3) is 3.61. The number of imidazole rings is 1. The number of fused-ring (bicyclic) bond motifs is 4. The predicted molar refractivity (Wildman–Crippen MR) is 103 cm³/mol. The molecule has 0 radical (unpaired) electrons. The van der Waals surface area contributed by atoms with Crippen LogP contribution in [0, 0.1) is 0 Å². The van der Waals surface area contributed by atoms with E-state index >= 15 is 0 Å². The molecule has 4 aromatic rings. The SMILES string of the molecule is COc1ccc2c(c1)sc1nc(C3=CCc4ncccc43)cn12.O=C([O-])C(F)(F)F. The number of hydrogen-bond donors (Lipinski definition) is 0. The quantitative estimate of drug-likeness (QED) is 0.486. The highest BCUT2D eigenvalue weighted by Crippen LogP contribution is 2.34. The van der Waals surface area contributed by atoms with Crippen molar-refractivity contribution in [1.29, 1.82) is 0 Å². The maximum Gasteiger partial charge on any atom is 0.430 e. The van der Waals surface area contributed by atoms with Crippen LogP contribution in [0.15, 0.2) is 48.8 Å². The zero-order valence-electron chi connectivity index (χ0n) is 15.4. The number of nitrogens with zero attached hydrogens (tertiary/aromatic N) is 3. The first kappa shape index (κ1) is 19.9. The third-order valence-electron chi connectivity index (χ3n) is 4.49. The summed E-state index contributed by atoms with van der Waals surface area (Å²) in [6.45, 7) is 0. The van der Waals surface area contributed by atoms with Gasteiger partial charge in [0.2, 0.25) is 0 Å². The fourth-order valence-corrected chi connectivity index (χ4v) is 4.17. The number of thiazole rings is 1. The van der Waals surface area contributed by atoms with E-state index < -0.39 is 12.1 Å². The summed E-state index contributed by atoms with van der Waals surface area (Å²) < 4.78 is 40.2. The number of carboxylic acid groups (broad SMARTS) is 1. The molecule has 6 nitrogen and oxygen atoms in total. The Hall–Kier alpha value is -3.40. The summed E-state index contributed by atoms with van der Waals surface area (Å²) in [7, 11) is 1.69. The molecular formula is C20H13F3N3O3S-. The van der Waals surface area contributed by atoms with E-state index in [2.05, 4.69) is 39.9 Å². The van der Waals surface area contributed by atoms with Crippen molar-refractivity contribution in [1.82, 2.24) is 14.4 Å². The van der Waals surface area contributed by atoms with Gasteiger partial charge in [0.25, 0.3) is 0 Å². The molecule has 154 valence electrons. The van der Waals surface area contributed by atoms with Crippen molar-refractivity contribution in [3.05, 3.63) is 65.8 Å². The Kier molecular flexibility index (Phi) is 4.94. The Morgan fingerprint density at radius 2 is 2.07 bits per heavy atom. The molecule has 5 rings (SSSR count). The van der Waals surface area contributed by atoms with Crippen LogP contribution >= 0.6 is 11.3 Å². The topological polar surface area (TPSA) is 79.5 Å². The Bertz CT molecular complexity index is 1290. The summed E-state index contributed by atoms with van der Waals surface area (Å²) in [6, 6.07) is 10.2. The minimum Gasteiger partial charge on any atom is -0.542 e. The summed E-state index contributed by atoms with van der Waals surface area (Å²) in [6.07, 6.45) is 1.88. The number of allylic oxidation sites excluding steroid dienone is 1. The largest absolute Gasteiger partial charge is 0.542 e. The van der Waals surface area contributed by atoms with Crippen LogP contribution in [0.3, 0.4) is 0 Å². The van der Waals surface area contributed by atoms with Gasteiger partial charge in [-0.15, -0.1) is 0 Å². The molecule has 3 aromatic heterocycles. The molecule has 30 heavy (non-hydrogen) atoms. The average Bonchev–Trinajstić information content (AvgIpc) is 3.39. The fraction of sp³-hybridized carbons (Fsp3) is 0.150. The number of rotatable bonds is 2. The molecule has 0 atom stereocenters. The molecule has 1 aromatic carbocycles. The minimum absolute atomic E-state index is 0.876. The summed E-state index contributed by atoms with van der Waals surface area (Å²) in [4.78, 5) is 19.1. The van der Waals surface area contributed by atoms with Crippen molar-refractivity contribution >= 4 is 38.1 Å². The lowest BCUT2D eigenvalue weighted by atomic mass is 10.1. The zero-order valence-corrected chi connectivity index (χ0v) is 16.3. The zero-order chi connectivity index (χ0) is 21.5. The Morgan fingerprint density at radius 3 is 2.77 bits per heavy atom. The number of alkyl halides is 3. The first-order valence-corrected chi connectivity index (χ1v) is 9.48. The van der Waals surface area contributed by atoms with E-state index in [-0.39, 0.29) is 0 Å². The Labute approximate surface area is 171 Å². The molecule has 0 saturated heterocycles. The molecule has 0 aliphatic heterocycles. The molecule has 1 aliphatic rings. The predicted octanol–water partition coefficient (Wildman–Crippen LogP) is 3.24. The molecular weight excluding hydrogens is 419 g/mol. The van der Waals surface area contributed by atoms with Crippen molar-refractivity contribution < 1.29 is 27.8 Å². The number of pyridine rings is 1. The number of hydrogen-bond acceptors (Lipinski definition) is 6. The van der Waals surface area contributed by atoms with Crippen LogP contribution in [-0.2, 0) is 11.2 Å². The van der Waals surface area contributed by atoms with E-state index in [1.807, 2.05) is 18.3 Å². The maximum atomic E-state index is 10.5. The van der Waals surface area contributed by atoms with Crippen molar-refractivity contribution in [2.45, 2.75) is 12.6 Å². The van der Waals surface area contributed by atoms with Crippen molar-refractivity contribution in [2.75, 3.05) is 7.11 Å². The Balaban J connectivity index is 0.000000272. The molecule has 0 unspecified atom stereocenters. The van der Waals surface area contributed by atoms with Crippen LogP contribution in [0.5, 0.6) is 5.75 Å². The van der Waals surface area contributed by atoms with E-state index in [9.17, 15) is 13.2 Å². The highest BCUT2D eigenvalue weighted by Gasteiger charge is 2.28. The maximum absolute atomic E-state index is 10.5. The van der Waals surface area contributed by atoms with Crippen molar-refractivity contribution in [2.24, 2.45) is 0 Å². The molecule has 10 heteroatoms. The van der Waals surface area contributed by atoms with Gasteiger partial charge in [-0.1, -0.05) is 23.5 Å². The van der Waals surface area contributed by atoms with Gasteiger partial charge in [0.15, 0.2) is 4.96 Å². The third-order valence-corrected chi connectivity index (χ3v) is 5.51. The number of carbonyl (C=O) groups is 1. The van der Waals surface area contributed by atoms with Gasteiger partial charge >= 0.3 is 6.18 Å². The van der Waals surface area contributed by atoms with Gasteiger partial charge in [0.1, 0.15) is 11.7 Å². The lowest BCUT2D eigenvalue weighted by Gasteiger charge is -2.03. The number of halogens is 3. The van der Waals surface area contributed by atoms with Gasteiger partial charge in [-0.05, 0) is 24.3 Å². The molecule has 0 N–H and O–H groups in total. The second-order valence-electron chi connectivity index (χ2n) is 6.32. The molecule has 0 bridgehead atoms. The summed E-state index contributed by atoms with van der Waals surface area (Å²) in [5, 5.41) is 8.78. The molecule has 0 spiro atoms. The van der Waals surface area contributed by atoms with Crippen molar-refractivity contribution in [3.8, 4) is 5.75 Å². The fourth-order valence-electron chi connectivity index (χ4n) is 3.14. The number of aliphatic carboxylic acids is 1. The van der Waals surface area contributed by atoms with Gasteiger partial charge in [0, 0.05) is 30.0 Å². The van der Waals surface area contributed by atoms with Crippen LogP contribution in [0.2, 0.25) is 0 Å². The van der Waals surface area contributed by atoms with Gasteiger partial charge in [-0.2, -0.15) is 13.2 Å². The number of aromatic nitrogens is 3. The smallest absolute Gasteiger partial charge is 0.430 e. The van der Waals surface area contributed by atoms with E-state index in [0.29, 0.717) is 0 Å². The van der Waals surface area contributed by atoms with Gasteiger partial charge in [-0.3, -0.25) is 9.38 Å². The number of ether oxygens (including phenoxy) is 1. The molecule has 0 fully saturated rings. The van der Waals surface area contributed by atoms with Gasteiger partial charge in [-0.25, -0.2) is 4.98 Å². The normalized spacial score (nSPS) is 13.0. The van der Waals surface area contributed by atoms with Gasteiger partial charge in [0.05, 0.1) is 28.7 Å². The first-order valence-electron chi connectivity index (χ1n) is 8.66. The number of benzene rings is 1. The second-order valence-corrected chi connectivity index (χ2v) is 7.33. The average molecular weight is 432 g/mol. The first-order chi connectivity index (χ1) is 14.3. The van der Waals surface area contributed by atoms with Crippen LogP contribution in [0.4, 0.5) is 13.2 Å². The van der Waals surface area contributed by atoms with E-state index in [1.54, 1.807) is 18.4 Å².